The minimum absolute atomic E-state index is 0.201. The maximum absolute atomic E-state index is 6.71. The van der Waals surface area contributed by atoms with Gasteiger partial charge in [-0.3, -0.25) is 0 Å². The van der Waals surface area contributed by atoms with Gasteiger partial charge in [0.2, 0.25) is 5.72 Å². The van der Waals surface area contributed by atoms with Gasteiger partial charge in [0.1, 0.15) is 5.75 Å². The van der Waals surface area contributed by atoms with Crippen LogP contribution < -0.4 is 4.74 Å². The molecule has 1 fully saturated rings. The van der Waals surface area contributed by atoms with E-state index in [1.54, 1.807) is 0 Å². The number of fused-ring (bicyclic) bond motifs is 4. The predicted octanol–water partition coefficient (Wildman–Crippen LogP) is 5.85. The normalized spacial score (nSPS) is 23.0. The molecule has 0 N–H and O–H groups in total. The first-order chi connectivity index (χ1) is 13.9. The van der Waals surface area contributed by atoms with Crippen molar-refractivity contribution in [3.63, 3.8) is 0 Å². The molecule has 0 amide bonds. The van der Waals surface area contributed by atoms with Crippen LogP contribution in [0.5, 0.6) is 5.75 Å². The van der Waals surface area contributed by atoms with E-state index in [-0.39, 0.29) is 11.8 Å². The summed E-state index contributed by atoms with van der Waals surface area (Å²) in [5.74, 6) is 1.00. The number of halogens is 2. The number of rotatable bonds is 2. The zero-order valence-corrected chi connectivity index (χ0v) is 19.1. The van der Waals surface area contributed by atoms with Crippen molar-refractivity contribution in [2.24, 2.45) is 5.10 Å². The highest BCUT2D eigenvalue weighted by Gasteiger charge is 2.52. The fraction of sp³-hybridized carbons (Fsp3) is 0.435. The molecule has 0 radical (unpaired) electrons. The molecule has 0 aliphatic carbocycles. The fourth-order valence-corrected chi connectivity index (χ4v) is 5.29. The summed E-state index contributed by atoms with van der Waals surface area (Å²) in [5, 5.41) is 8.15. The molecule has 4 nitrogen and oxygen atoms in total. The molecule has 1 atom stereocenters. The first kappa shape index (κ1) is 19.4. The summed E-state index contributed by atoms with van der Waals surface area (Å²) in [6, 6.07) is 15.1. The number of piperidine rings is 1. The SMILES string of the molecule is CC(C)N1CCC2(CC1)Oc1ccc(Br)cc1C1CC(c3ccc(Cl)cc3)=NN12. The Balaban J connectivity index is 1.54. The summed E-state index contributed by atoms with van der Waals surface area (Å²) < 4.78 is 7.79. The smallest absolute Gasteiger partial charge is 0.200 e. The summed E-state index contributed by atoms with van der Waals surface area (Å²) in [6.45, 7) is 6.58. The Labute approximate surface area is 185 Å². The van der Waals surface area contributed by atoms with E-state index in [2.05, 4.69) is 70.0 Å². The molecule has 5 rings (SSSR count). The molecular weight excluding hydrogens is 450 g/mol. The van der Waals surface area contributed by atoms with E-state index in [9.17, 15) is 0 Å². The summed E-state index contributed by atoms with van der Waals surface area (Å²) >= 11 is 9.73. The van der Waals surface area contributed by atoms with Crippen LogP contribution in [-0.2, 0) is 0 Å². The van der Waals surface area contributed by atoms with Crippen LogP contribution in [0, 0.1) is 0 Å². The first-order valence-electron chi connectivity index (χ1n) is 10.3. The highest BCUT2D eigenvalue weighted by atomic mass is 79.9. The molecule has 152 valence electrons. The van der Waals surface area contributed by atoms with Crippen molar-refractivity contribution in [3.05, 3.63) is 63.1 Å². The maximum Gasteiger partial charge on any atom is 0.200 e. The van der Waals surface area contributed by atoms with Gasteiger partial charge in [0.05, 0.1) is 11.8 Å². The highest BCUT2D eigenvalue weighted by molar-refractivity contribution is 9.10. The zero-order chi connectivity index (χ0) is 20.2. The molecule has 1 saturated heterocycles. The minimum Gasteiger partial charge on any atom is -0.466 e. The van der Waals surface area contributed by atoms with E-state index in [0.717, 1.165) is 58.9 Å². The zero-order valence-electron chi connectivity index (χ0n) is 16.7. The van der Waals surface area contributed by atoms with Crippen molar-refractivity contribution in [1.82, 2.24) is 9.91 Å². The molecule has 1 spiro atoms. The van der Waals surface area contributed by atoms with Crippen molar-refractivity contribution in [2.45, 2.75) is 50.9 Å². The number of hydrogen-bond acceptors (Lipinski definition) is 4. The highest BCUT2D eigenvalue weighted by Crippen LogP contribution is 2.50. The molecule has 6 heteroatoms. The first-order valence-corrected chi connectivity index (χ1v) is 11.5. The summed E-state index contributed by atoms with van der Waals surface area (Å²) in [7, 11) is 0. The fourth-order valence-electron chi connectivity index (χ4n) is 4.79. The molecule has 3 aliphatic rings. The van der Waals surface area contributed by atoms with Crippen molar-refractivity contribution in [2.75, 3.05) is 13.1 Å². The van der Waals surface area contributed by atoms with Crippen molar-refractivity contribution in [3.8, 4) is 5.75 Å². The lowest BCUT2D eigenvalue weighted by Gasteiger charge is -2.51. The van der Waals surface area contributed by atoms with Crippen LogP contribution >= 0.6 is 27.5 Å². The predicted molar refractivity (Wildman–Crippen MR) is 121 cm³/mol. The average molecular weight is 475 g/mol. The van der Waals surface area contributed by atoms with Gasteiger partial charge in [-0.1, -0.05) is 39.7 Å². The topological polar surface area (TPSA) is 28.1 Å². The lowest BCUT2D eigenvalue weighted by molar-refractivity contribution is -0.152. The second-order valence-corrected chi connectivity index (χ2v) is 9.83. The second kappa shape index (κ2) is 7.29. The van der Waals surface area contributed by atoms with E-state index >= 15 is 0 Å². The molecule has 29 heavy (non-hydrogen) atoms. The van der Waals surface area contributed by atoms with Crippen LogP contribution in [0.25, 0.3) is 0 Å². The van der Waals surface area contributed by atoms with Gasteiger partial charge in [-0.15, -0.1) is 0 Å². The van der Waals surface area contributed by atoms with E-state index in [1.807, 2.05) is 12.1 Å². The van der Waals surface area contributed by atoms with Gasteiger partial charge >= 0.3 is 0 Å². The van der Waals surface area contributed by atoms with Gasteiger partial charge < -0.3 is 9.64 Å². The monoisotopic (exact) mass is 473 g/mol. The molecule has 2 aromatic carbocycles. The lowest BCUT2D eigenvalue weighted by atomic mass is 9.90. The van der Waals surface area contributed by atoms with Crippen LogP contribution in [0.2, 0.25) is 5.02 Å². The Hall–Kier alpha value is -1.56. The number of ether oxygens (including phenoxy) is 1. The van der Waals surface area contributed by atoms with E-state index < -0.39 is 0 Å². The lowest BCUT2D eigenvalue weighted by Crippen LogP contribution is -2.59. The Bertz CT molecular complexity index is 951. The Kier molecular flexibility index (Phi) is 4.88. The van der Waals surface area contributed by atoms with Gasteiger partial charge in [-0.2, -0.15) is 5.10 Å². The molecule has 3 heterocycles. The maximum atomic E-state index is 6.71. The average Bonchev–Trinajstić information content (AvgIpc) is 3.16. The third-order valence-corrected chi connectivity index (χ3v) is 7.19. The number of benzene rings is 2. The second-order valence-electron chi connectivity index (χ2n) is 8.48. The quantitative estimate of drug-likeness (QED) is 0.547. The largest absolute Gasteiger partial charge is 0.466 e. The molecule has 0 saturated carbocycles. The van der Waals surface area contributed by atoms with E-state index in [0.29, 0.717) is 6.04 Å². The van der Waals surface area contributed by atoms with Crippen LogP contribution in [-0.4, -0.2) is 40.5 Å². The third kappa shape index (κ3) is 3.37. The Morgan fingerprint density at radius 3 is 2.55 bits per heavy atom. The van der Waals surface area contributed by atoms with Crippen LogP contribution in [0.15, 0.2) is 52.0 Å². The number of hydrogen-bond donors (Lipinski definition) is 0. The van der Waals surface area contributed by atoms with Gasteiger partial charge in [0, 0.05) is 53.5 Å². The standard InChI is InChI=1S/C23H25BrClN3O/c1-15(2)27-11-9-23(10-12-27)28-21(19-13-17(24)5-8-22(19)29-23)14-20(26-28)16-3-6-18(25)7-4-16/h3-8,13,15,21H,9-12,14H2,1-2H3. The van der Waals surface area contributed by atoms with Crippen LogP contribution in [0.4, 0.5) is 0 Å². The van der Waals surface area contributed by atoms with Gasteiger partial charge in [0.25, 0.3) is 0 Å². The summed E-state index contributed by atoms with van der Waals surface area (Å²) in [6.07, 6.45) is 2.78. The Morgan fingerprint density at radius 1 is 1.14 bits per heavy atom. The molecule has 2 aromatic rings. The van der Waals surface area contributed by atoms with Crippen molar-refractivity contribution < 1.29 is 4.74 Å². The molecule has 1 unspecified atom stereocenters. The van der Waals surface area contributed by atoms with E-state index in [1.165, 1.54) is 5.56 Å². The van der Waals surface area contributed by atoms with Gasteiger partial charge in [-0.05, 0) is 49.7 Å². The minimum atomic E-state index is -0.370. The van der Waals surface area contributed by atoms with E-state index in [4.69, 9.17) is 21.4 Å². The summed E-state index contributed by atoms with van der Waals surface area (Å²) in [4.78, 5) is 2.53. The molecular formula is C23H25BrClN3O. The number of hydrazone groups is 1. The number of likely N-dealkylation sites (tertiary alicyclic amines) is 1. The summed E-state index contributed by atoms with van der Waals surface area (Å²) in [5.41, 5.74) is 3.08. The Morgan fingerprint density at radius 2 is 1.86 bits per heavy atom. The molecule has 3 aliphatic heterocycles. The van der Waals surface area contributed by atoms with Crippen molar-refractivity contribution in [1.29, 1.82) is 0 Å². The van der Waals surface area contributed by atoms with Gasteiger partial charge in [-0.25, -0.2) is 5.01 Å². The van der Waals surface area contributed by atoms with Crippen LogP contribution in [0.3, 0.4) is 0 Å². The molecule has 0 aromatic heterocycles. The van der Waals surface area contributed by atoms with Gasteiger partial charge in [0.15, 0.2) is 0 Å². The molecule has 0 bridgehead atoms. The van der Waals surface area contributed by atoms with Crippen LogP contribution in [0.1, 0.15) is 50.3 Å². The van der Waals surface area contributed by atoms with Crippen molar-refractivity contribution >= 4 is 33.2 Å². The third-order valence-electron chi connectivity index (χ3n) is 6.45. The number of nitrogens with zero attached hydrogens (tertiary/aromatic N) is 3.